The van der Waals surface area contributed by atoms with Gasteiger partial charge in [0.2, 0.25) is 0 Å². The third-order valence-electron chi connectivity index (χ3n) is 5.14. The van der Waals surface area contributed by atoms with Gasteiger partial charge in [0.05, 0.1) is 30.2 Å². The van der Waals surface area contributed by atoms with Gasteiger partial charge in [-0.1, -0.05) is 42.5 Å². The molecule has 0 saturated heterocycles. The fourth-order valence-corrected chi connectivity index (χ4v) is 3.57. The maximum atomic E-state index is 13.4. The van der Waals surface area contributed by atoms with Gasteiger partial charge in [-0.25, -0.2) is 9.59 Å². The summed E-state index contributed by atoms with van der Waals surface area (Å²) in [6.07, 6.45) is 1.22. The van der Waals surface area contributed by atoms with Crippen molar-refractivity contribution < 1.29 is 28.7 Å². The molecule has 10 nitrogen and oxygen atoms in total. The fraction of sp³-hybridized carbons (Fsp3) is 0.200. The van der Waals surface area contributed by atoms with Crippen LogP contribution in [0.1, 0.15) is 13.8 Å². The maximum absolute atomic E-state index is 13.4. The fourth-order valence-electron chi connectivity index (χ4n) is 3.57. The topological polar surface area (TPSA) is 118 Å². The molecule has 35 heavy (non-hydrogen) atoms. The van der Waals surface area contributed by atoms with Crippen LogP contribution in [0.25, 0.3) is 0 Å². The molecule has 0 aromatic heterocycles. The summed E-state index contributed by atoms with van der Waals surface area (Å²) in [5, 5.41) is 10.5. The highest BCUT2D eigenvalue weighted by molar-refractivity contribution is 6.54. The summed E-state index contributed by atoms with van der Waals surface area (Å²) >= 11 is 0. The Morgan fingerprint density at radius 1 is 0.829 bits per heavy atom. The number of esters is 2. The normalized spacial score (nSPS) is 18.6. The zero-order chi connectivity index (χ0) is 24.9. The number of carbonyl (C=O) groups excluding carboxylic acids is 4. The molecule has 2 aliphatic rings. The molecule has 0 radical (unpaired) electrons. The van der Waals surface area contributed by atoms with Gasteiger partial charge in [0.25, 0.3) is 11.8 Å². The zero-order valence-corrected chi connectivity index (χ0v) is 19.1. The predicted octanol–water partition coefficient (Wildman–Crippen LogP) is 2.46. The van der Waals surface area contributed by atoms with Gasteiger partial charge in [-0.3, -0.25) is 9.59 Å². The van der Waals surface area contributed by atoms with E-state index in [0.29, 0.717) is 11.4 Å². The van der Waals surface area contributed by atoms with Crippen LogP contribution in [-0.2, 0) is 28.7 Å². The third-order valence-corrected chi connectivity index (χ3v) is 5.14. The molecule has 0 N–H and O–H groups in total. The summed E-state index contributed by atoms with van der Waals surface area (Å²) in [7, 11) is 0. The number of rotatable bonds is 7. The van der Waals surface area contributed by atoms with Crippen molar-refractivity contribution in [3.63, 3.8) is 0 Å². The van der Waals surface area contributed by atoms with Crippen molar-refractivity contribution in [3.05, 3.63) is 72.3 Å². The van der Waals surface area contributed by atoms with Crippen LogP contribution in [0.4, 0.5) is 11.4 Å². The number of hydrogen-bond acceptors (Lipinski definition) is 8. The van der Waals surface area contributed by atoms with Gasteiger partial charge < -0.3 is 9.47 Å². The van der Waals surface area contributed by atoms with Crippen molar-refractivity contribution in [2.75, 3.05) is 23.2 Å². The van der Waals surface area contributed by atoms with E-state index in [2.05, 4.69) is 10.2 Å². The smallest absolute Gasteiger partial charge is 0.359 e. The first kappa shape index (κ1) is 23.6. The summed E-state index contributed by atoms with van der Waals surface area (Å²) in [6.45, 7) is 3.38. The molecule has 2 heterocycles. The van der Waals surface area contributed by atoms with E-state index in [4.69, 9.17) is 9.47 Å². The lowest BCUT2D eigenvalue weighted by Gasteiger charge is -2.13. The summed E-state index contributed by atoms with van der Waals surface area (Å²) in [5.74, 6) is -4.13. The zero-order valence-electron chi connectivity index (χ0n) is 19.1. The van der Waals surface area contributed by atoms with E-state index >= 15 is 0 Å². The van der Waals surface area contributed by atoms with Crippen molar-refractivity contribution in [2.45, 2.75) is 13.8 Å². The van der Waals surface area contributed by atoms with Crippen LogP contribution in [0.15, 0.2) is 82.5 Å². The van der Waals surface area contributed by atoms with Gasteiger partial charge in [0.1, 0.15) is 5.92 Å². The highest BCUT2D eigenvalue weighted by Gasteiger charge is 2.43. The van der Waals surface area contributed by atoms with Gasteiger partial charge in [-0.2, -0.15) is 20.2 Å². The van der Waals surface area contributed by atoms with E-state index in [1.54, 1.807) is 74.5 Å². The Labute approximate surface area is 201 Å². The van der Waals surface area contributed by atoms with Gasteiger partial charge in [0, 0.05) is 0 Å². The largest absolute Gasteiger partial charge is 0.461 e. The Balaban J connectivity index is 1.78. The summed E-state index contributed by atoms with van der Waals surface area (Å²) in [4.78, 5) is 52.0. The standard InChI is InChI=1S/C25H22N4O6/c1-3-34-24(32)20-18(22(30)28(26-20)16-11-7-5-8-12-16)15-19-21(25(33)35-4-2)27-29(23(19)31)17-13-9-6-10-14-17/h5-15,18H,3-4H2,1-2H3/b19-15+. The molecule has 178 valence electrons. The first-order chi connectivity index (χ1) is 17.0. The molecule has 2 aromatic rings. The van der Waals surface area contributed by atoms with Crippen LogP contribution in [0.5, 0.6) is 0 Å². The monoisotopic (exact) mass is 474 g/mol. The van der Waals surface area contributed by atoms with E-state index in [0.717, 1.165) is 10.0 Å². The SMILES string of the molecule is CCOC(=O)C1=NN(c2ccccc2)C(=O)/C1=C/C1C(=O)N(c2ccccc2)N=C1C(=O)OCC. The van der Waals surface area contributed by atoms with Crippen LogP contribution in [0.2, 0.25) is 0 Å². The van der Waals surface area contributed by atoms with Gasteiger partial charge in [-0.05, 0) is 38.1 Å². The van der Waals surface area contributed by atoms with Gasteiger partial charge in [0.15, 0.2) is 11.4 Å². The molecule has 2 aliphatic heterocycles. The van der Waals surface area contributed by atoms with E-state index in [1.807, 2.05) is 0 Å². The second-order valence-electron chi connectivity index (χ2n) is 7.37. The number of hydrogen-bond donors (Lipinski definition) is 0. The highest BCUT2D eigenvalue weighted by Crippen LogP contribution is 2.29. The molecular formula is C25H22N4O6. The number of carbonyl (C=O) groups is 4. The second-order valence-corrected chi connectivity index (χ2v) is 7.37. The number of para-hydroxylation sites is 2. The molecule has 0 saturated carbocycles. The molecule has 1 atom stereocenters. The second kappa shape index (κ2) is 10.1. The number of anilines is 2. The minimum Gasteiger partial charge on any atom is -0.461 e. The van der Waals surface area contributed by atoms with Crippen molar-refractivity contribution in [2.24, 2.45) is 16.1 Å². The third kappa shape index (κ3) is 4.58. The highest BCUT2D eigenvalue weighted by atomic mass is 16.5. The Hall–Kier alpha value is -4.60. The van der Waals surface area contributed by atoms with Crippen molar-refractivity contribution in [1.82, 2.24) is 0 Å². The lowest BCUT2D eigenvalue weighted by Crippen LogP contribution is -2.31. The Kier molecular flexibility index (Phi) is 6.81. The Bertz CT molecular complexity index is 1250. The van der Waals surface area contributed by atoms with Crippen LogP contribution in [0, 0.1) is 5.92 Å². The molecule has 1 unspecified atom stereocenters. The maximum Gasteiger partial charge on any atom is 0.359 e. The first-order valence-electron chi connectivity index (χ1n) is 11.0. The summed E-state index contributed by atoms with van der Waals surface area (Å²) in [5.41, 5.74) is 0.212. The molecule has 0 aliphatic carbocycles. The van der Waals surface area contributed by atoms with Crippen molar-refractivity contribution in [1.29, 1.82) is 0 Å². The van der Waals surface area contributed by atoms with E-state index in [9.17, 15) is 19.2 Å². The van der Waals surface area contributed by atoms with Crippen LogP contribution in [-0.4, -0.2) is 48.4 Å². The minimum atomic E-state index is -1.27. The van der Waals surface area contributed by atoms with E-state index < -0.39 is 29.7 Å². The summed E-state index contributed by atoms with van der Waals surface area (Å²) in [6, 6.07) is 17.0. The van der Waals surface area contributed by atoms with Gasteiger partial charge >= 0.3 is 11.9 Å². The van der Waals surface area contributed by atoms with Gasteiger partial charge in [-0.15, -0.1) is 0 Å². The molecule has 10 heteroatoms. The molecular weight excluding hydrogens is 452 g/mol. The van der Waals surface area contributed by atoms with E-state index in [1.165, 1.54) is 6.08 Å². The van der Waals surface area contributed by atoms with Crippen LogP contribution in [0.3, 0.4) is 0 Å². The minimum absolute atomic E-state index is 0.0599. The van der Waals surface area contributed by atoms with Crippen molar-refractivity contribution >= 4 is 46.6 Å². The Morgan fingerprint density at radius 2 is 1.37 bits per heavy atom. The van der Waals surface area contributed by atoms with Crippen LogP contribution < -0.4 is 10.0 Å². The molecule has 2 aromatic carbocycles. The van der Waals surface area contributed by atoms with E-state index in [-0.39, 0.29) is 30.2 Å². The lowest BCUT2D eigenvalue weighted by atomic mass is 9.97. The molecule has 0 spiro atoms. The quantitative estimate of drug-likeness (QED) is 0.449. The van der Waals surface area contributed by atoms with Crippen LogP contribution >= 0.6 is 0 Å². The summed E-state index contributed by atoms with van der Waals surface area (Å²) < 4.78 is 10.2. The average Bonchev–Trinajstić information content (AvgIpc) is 3.38. The molecule has 0 bridgehead atoms. The first-order valence-corrected chi connectivity index (χ1v) is 11.0. The number of hydrazone groups is 2. The molecule has 0 fully saturated rings. The predicted molar refractivity (Wildman–Crippen MR) is 128 cm³/mol. The number of amides is 2. The molecule has 4 rings (SSSR count). The number of benzene rings is 2. The molecule has 2 amide bonds. The van der Waals surface area contributed by atoms with Crippen molar-refractivity contribution in [3.8, 4) is 0 Å². The number of nitrogens with zero attached hydrogens (tertiary/aromatic N) is 4. The lowest BCUT2D eigenvalue weighted by molar-refractivity contribution is -0.136. The average molecular weight is 474 g/mol. The Morgan fingerprint density at radius 3 is 1.94 bits per heavy atom. The number of ether oxygens (including phenoxy) is 2.